The highest BCUT2D eigenvalue weighted by atomic mass is 16.1. The molecule has 3 heterocycles. The largest absolute Gasteiger partial charge is 0.294 e. The summed E-state index contributed by atoms with van der Waals surface area (Å²) in [4.78, 5) is 17.2. The molecule has 0 amide bonds. The third-order valence-corrected chi connectivity index (χ3v) is 4.19. The summed E-state index contributed by atoms with van der Waals surface area (Å²) in [5.74, 6) is 0. The minimum atomic E-state index is -0.105. The van der Waals surface area contributed by atoms with Crippen molar-refractivity contribution in [3.05, 3.63) is 39.4 Å². The van der Waals surface area contributed by atoms with Crippen LogP contribution in [0.15, 0.2) is 16.9 Å². The number of aromatic nitrogens is 5. The molecule has 6 heteroatoms. The molecule has 0 saturated carbocycles. The van der Waals surface area contributed by atoms with Gasteiger partial charge < -0.3 is 0 Å². The zero-order chi connectivity index (χ0) is 16.9. The van der Waals surface area contributed by atoms with Crippen LogP contribution in [0.3, 0.4) is 0 Å². The van der Waals surface area contributed by atoms with Crippen LogP contribution in [0, 0.1) is 6.92 Å². The van der Waals surface area contributed by atoms with Crippen molar-refractivity contribution in [3.8, 4) is 11.4 Å². The second-order valence-corrected chi connectivity index (χ2v) is 7.00. The van der Waals surface area contributed by atoms with Gasteiger partial charge in [-0.1, -0.05) is 27.7 Å². The molecule has 0 aromatic carbocycles. The minimum Gasteiger partial charge on any atom is -0.294 e. The standard InChI is InChI=1S/C17H23N5O/c1-7-11-10(2)19-22-15(23)8-12(18-16(11)22)13-9-14(17(3,4)5)20-21(13)6/h8-9,19H,7H2,1-6H3. The Bertz CT molecular complexity index is 936. The molecular weight excluding hydrogens is 290 g/mol. The summed E-state index contributed by atoms with van der Waals surface area (Å²) in [5, 5.41) is 7.66. The van der Waals surface area contributed by atoms with Crippen LogP contribution in [0.1, 0.15) is 44.6 Å². The Labute approximate surface area is 135 Å². The zero-order valence-corrected chi connectivity index (χ0v) is 14.6. The maximum atomic E-state index is 12.4. The third-order valence-electron chi connectivity index (χ3n) is 4.19. The fourth-order valence-electron chi connectivity index (χ4n) is 2.82. The highest BCUT2D eigenvalue weighted by molar-refractivity contribution is 5.61. The first-order chi connectivity index (χ1) is 10.7. The number of H-pyrrole nitrogens is 1. The summed E-state index contributed by atoms with van der Waals surface area (Å²) in [6.45, 7) is 10.4. The van der Waals surface area contributed by atoms with Crippen molar-refractivity contribution in [1.82, 2.24) is 24.4 Å². The van der Waals surface area contributed by atoms with E-state index >= 15 is 0 Å². The van der Waals surface area contributed by atoms with E-state index in [0.29, 0.717) is 11.3 Å². The van der Waals surface area contributed by atoms with Crippen molar-refractivity contribution >= 4 is 5.65 Å². The van der Waals surface area contributed by atoms with Crippen LogP contribution in [0.4, 0.5) is 0 Å². The van der Waals surface area contributed by atoms with Gasteiger partial charge in [-0.25, -0.2) is 9.50 Å². The fourth-order valence-corrected chi connectivity index (χ4v) is 2.82. The van der Waals surface area contributed by atoms with Gasteiger partial charge in [-0.15, -0.1) is 0 Å². The quantitative estimate of drug-likeness (QED) is 0.790. The van der Waals surface area contributed by atoms with Gasteiger partial charge in [0.1, 0.15) is 0 Å². The molecule has 0 aliphatic heterocycles. The number of fused-ring (bicyclic) bond motifs is 1. The van der Waals surface area contributed by atoms with E-state index in [2.05, 4.69) is 37.9 Å². The first-order valence-corrected chi connectivity index (χ1v) is 7.88. The van der Waals surface area contributed by atoms with Crippen LogP contribution in [0.2, 0.25) is 0 Å². The molecule has 0 saturated heterocycles. The van der Waals surface area contributed by atoms with Crippen molar-refractivity contribution in [2.75, 3.05) is 0 Å². The smallest absolute Gasteiger partial charge is 0.273 e. The van der Waals surface area contributed by atoms with Crippen molar-refractivity contribution in [1.29, 1.82) is 0 Å². The average Bonchev–Trinajstić information content (AvgIpc) is 2.98. The van der Waals surface area contributed by atoms with Gasteiger partial charge in [0.05, 0.1) is 17.1 Å². The maximum absolute atomic E-state index is 12.4. The second-order valence-electron chi connectivity index (χ2n) is 7.00. The summed E-state index contributed by atoms with van der Waals surface area (Å²) < 4.78 is 3.31. The SMILES string of the molecule is CCc1c(C)[nH]n2c(=O)cc(-c3cc(C(C)(C)C)nn3C)nc12. The van der Waals surface area contributed by atoms with Gasteiger partial charge in [0.25, 0.3) is 5.56 Å². The van der Waals surface area contributed by atoms with Crippen LogP contribution < -0.4 is 5.56 Å². The van der Waals surface area contributed by atoms with Crippen molar-refractivity contribution in [3.63, 3.8) is 0 Å². The molecule has 0 bridgehead atoms. The van der Waals surface area contributed by atoms with E-state index in [-0.39, 0.29) is 11.0 Å². The summed E-state index contributed by atoms with van der Waals surface area (Å²) in [7, 11) is 1.89. The number of rotatable bonds is 2. The topological polar surface area (TPSA) is 68.0 Å². The number of nitrogens with one attached hydrogen (secondary N) is 1. The van der Waals surface area contributed by atoms with Gasteiger partial charge >= 0.3 is 0 Å². The molecule has 6 nitrogen and oxygen atoms in total. The highest BCUT2D eigenvalue weighted by Gasteiger charge is 2.21. The summed E-state index contributed by atoms with van der Waals surface area (Å²) in [6.07, 6.45) is 0.827. The molecule has 0 fully saturated rings. The Morgan fingerprint density at radius 1 is 1.26 bits per heavy atom. The van der Waals surface area contributed by atoms with E-state index in [4.69, 9.17) is 4.98 Å². The Morgan fingerprint density at radius 2 is 1.96 bits per heavy atom. The van der Waals surface area contributed by atoms with Crippen LogP contribution in [0.25, 0.3) is 17.0 Å². The third kappa shape index (κ3) is 2.48. The van der Waals surface area contributed by atoms with Crippen molar-refractivity contribution in [2.24, 2.45) is 7.05 Å². The van der Waals surface area contributed by atoms with Gasteiger partial charge in [0.15, 0.2) is 5.65 Å². The van der Waals surface area contributed by atoms with Crippen LogP contribution in [-0.2, 0) is 18.9 Å². The summed E-state index contributed by atoms with van der Waals surface area (Å²) in [5.41, 5.74) is 5.10. The monoisotopic (exact) mass is 313 g/mol. The van der Waals surface area contributed by atoms with Crippen LogP contribution in [0.5, 0.6) is 0 Å². The number of aryl methyl sites for hydroxylation is 3. The number of nitrogens with zero attached hydrogens (tertiary/aromatic N) is 4. The van der Waals surface area contributed by atoms with Gasteiger partial charge in [-0.2, -0.15) is 5.10 Å². The fraction of sp³-hybridized carbons (Fsp3) is 0.471. The molecule has 3 aromatic heterocycles. The molecule has 0 aliphatic rings. The molecule has 3 rings (SSSR count). The van der Waals surface area contributed by atoms with Gasteiger partial charge in [-0.05, 0) is 19.4 Å². The van der Waals surface area contributed by atoms with Gasteiger partial charge in [-0.3, -0.25) is 14.6 Å². The molecule has 1 N–H and O–H groups in total. The molecular formula is C17H23N5O. The minimum absolute atomic E-state index is 0.0472. The molecule has 0 radical (unpaired) electrons. The van der Waals surface area contributed by atoms with E-state index in [1.807, 2.05) is 20.0 Å². The lowest BCUT2D eigenvalue weighted by Crippen LogP contribution is -2.15. The van der Waals surface area contributed by atoms with Crippen molar-refractivity contribution in [2.45, 2.75) is 46.5 Å². The maximum Gasteiger partial charge on any atom is 0.273 e. The molecule has 0 unspecified atom stereocenters. The first kappa shape index (κ1) is 15.5. The Kier molecular flexibility index (Phi) is 3.43. The Hall–Kier alpha value is -2.37. The summed E-state index contributed by atoms with van der Waals surface area (Å²) in [6, 6.07) is 3.58. The second kappa shape index (κ2) is 5.08. The van der Waals surface area contributed by atoms with E-state index in [1.165, 1.54) is 4.52 Å². The molecule has 0 aliphatic carbocycles. The van der Waals surface area contributed by atoms with Crippen molar-refractivity contribution < 1.29 is 0 Å². The molecule has 122 valence electrons. The lowest BCUT2D eigenvalue weighted by Gasteiger charge is -2.13. The predicted octanol–water partition coefficient (Wildman–Crippen LogP) is 2.59. The zero-order valence-electron chi connectivity index (χ0n) is 14.6. The number of hydrogen-bond donors (Lipinski definition) is 1. The van der Waals surface area contributed by atoms with E-state index < -0.39 is 0 Å². The lowest BCUT2D eigenvalue weighted by molar-refractivity contribution is 0.553. The van der Waals surface area contributed by atoms with Gasteiger partial charge in [0.2, 0.25) is 0 Å². The van der Waals surface area contributed by atoms with Gasteiger partial charge in [0, 0.05) is 29.8 Å². The normalized spacial score (nSPS) is 12.3. The Balaban J connectivity index is 2.25. The van der Waals surface area contributed by atoms with E-state index in [9.17, 15) is 4.79 Å². The molecule has 23 heavy (non-hydrogen) atoms. The molecule has 3 aromatic rings. The number of aromatic amines is 1. The van der Waals surface area contributed by atoms with Crippen LogP contribution in [-0.4, -0.2) is 24.4 Å². The number of hydrogen-bond acceptors (Lipinski definition) is 3. The Morgan fingerprint density at radius 3 is 2.52 bits per heavy atom. The van der Waals surface area contributed by atoms with E-state index in [1.54, 1.807) is 10.7 Å². The highest BCUT2D eigenvalue weighted by Crippen LogP contribution is 2.26. The summed E-state index contributed by atoms with van der Waals surface area (Å²) >= 11 is 0. The molecule has 0 spiro atoms. The van der Waals surface area contributed by atoms with E-state index in [0.717, 1.165) is 29.1 Å². The lowest BCUT2D eigenvalue weighted by atomic mass is 9.92. The van der Waals surface area contributed by atoms with Crippen LogP contribution >= 0.6 is 0 Å². The average molecular weight is 313 g/mol. The first-order valence-electron chi connectivity index (χ1n) is 7.88. The predicted molar refractivity (Wildman–Crippen MR) is 90.8 cm³/mol. The molecule has 0 atom stereocenters.